The number of hydrazone groups is 1. The number of hydrogen-bond acceptors (Lipinski definition) is 6. The number of benzene rings is 1. The highest BCUT2D eigenvalue weighted by molar-refractivity contribution is 9.10. The lowest BCUT2D eigenvalue weighted by molar-refractivity contribution is 0.414. The average molecular weight is 435 g/mol. The highest BCUT2D eigenvalue weighted by Gasteiger charge is 2.18. The zero-order valence-corrected chi connectivity index (χ0v) is 16.9. The lowest BCUT2D eigenvalue weighted by Crippen LogP contribution is -2.29. The summed E-state index contributed by atoms with van der Waals surface area (Å²) in [6.45, 7) is 3.83. The van der Waals surface area contributed by atoms with Crippen molar-refractivity contribution in [3.63, 3.8) is 0 Å². The normalized spacial score (nSPS) is 11.6. The van der Waals surface area contributed by atoms with Gasteiger partial charge in [-0.1, -0.05) is 15.9 Å². The van der Waals surface area contributed by atoms with E-state index in [1.807, 2.05) is 32.0 Å². The van der Waals surface area contributed by atoms with Crippen LogP contribution >= 0.6 is 15.9 Å². The molecule has 2 N–H and O–H groups in total. The minimum absolute atomic E-state index is 0.0771. The zero-order valence-electron chi connectivity index (χ0n) is 15.3. The van der Waals surface area contributed by atoms with Crippen molar-refractivity contribution in [1.82, 2.24) is 19.1 Å². The summed E-state index contributed by atoms with van der Waals surface area (Å²) in [5.41, 5.74) is 3.21. The molecule has 0 amide bonds. The Kier molecular flexibility index (Phi) is 5.17. The highest BCUT2D eigenvalue weighted by Crippen LogP contribution is 2.23. The van der Waals surface area contributed by atoms with E-state index in [4.69, 9.17) is 4.74 Å². The van der Waals surface area contributed by atoms with Crippen molar-refractivity contribution < 1.29 is 4.74 Å². The van der Waals surface area contributed by atoms with Crippen molar-refractivity contribution in [2.24, 2.45) is 12.1 Å². The number of H-pyrrole nitrogens is 1. The molecule has 0 bridgehead atoms. The Labute approximate surface area is 162 Å². The van der Waals surface area contributed by atoms with E-state index in [1.54, 1.807) is 24.9 Å². The third kappa shape index (κ3) is 3.52. The van der Waals surface area contributed by atoms with Gasteiger partial charge < -0.3 is 9.30 Å². The van der Waals surface area contributed by atoms with Crippen LogP contribution in [0, 0.1) is 0 Å². The molecule has 3 aromatic rings. The molecule has 2 aromatic heterocycles. The van der Waals surface area contributed by atoms with Crippen LogP contribution in [0.25, 0.3) is 11.2 Å². The van der Waals surface area contributed by atoms with E-state index in [1.165, 1.54) is 4.57 Å². The molecule has 0 spiro atoms. The van der Waals surface area contributed by atoms with Gasteiger partial charge in [0.2, 0.25) is 5.95 Å². The minimum atomic E-state index is -0.519. The molecule has 0 fully saturated rings. The molecule has 9 nitrogen and oxygen atoms in total. The lowest BCUT2D eigenvalue weighted by atomic mass is 10.2. The van der Waals surface area contributed by atoms with Gasteiger partial charge in [0.1, 0.15) is 5.75 Å². The number of methoxy groups -OCH3 is 1. The van der Waals surface area contributed by atoms with Gasteiger partial charge in [-0.2, -0.15) is 10.1 Å². The van der Waals surface area contributed by atoms with Crippen molar-refractivity contribution in [3.05, 3.63) is 49.1 Å². The molecule has 27 heavy (non-hydrogen) atoms. The summed E-state index contributed by atoms with van der Waals surface area (Å²) in [6, 6.07) is 5.48. The molecule has 1 aromatic carbocycles. The first-order valence-electron chi connectivity index (χ1n) is 8.17. The van der Waals surface area contributed by atoms with Gasteiger partial charge in [-0.3, -0.25) is 14.3 Å². The summed E-state index contributed by atoms with van der Waals surface area (Å²) in [4.78, 5) is 30.8. The minimum Gasteiger partial charge on any atom is -0.496 e. The maximum atomic E-state index is 12.3. The second-order valence-corrected chi connectivity index (χ2v) is 7.06. The Morgan fingerprint density at radius 2 is 2.11 bits per heavy atom. The van der Waals surface area contributed by atoms with E-state index < -0.39 is 11.2 Å². The van der Waals surface area contributed by atoms with Crippen LogP contribution in [0.2, 0.25) is 0 Å². The summed E-state index contributed by atoms with van der Waals surface area (Å²) in [6.07, 6.45) is 1.59. The van der Waals surface area contributed by atoms with Crippen LogP contribution in [0.3, 0.4) is 0 Å². The smallest absolute Gasteiger partial charge is 0.329 e. The zero-order chi connectivity index (χ0) is 19.7. The van der Waals surface area contributed by atoms with E-state index in [-0.39, 0.29) is 11.7 Å². The number of hydrogen-bond donors (Lipinski definition) is 2. The predicted molar refractivity (Wildman–Crippen MR) is 108 cm³/mol. The van der Waals surface area contributed by atoms with Gasteiger partial charge in [-0.15, -0.1) is 0 Å². The summed E-state index contributed by atoms with van der Waals surface area (Å²) in [5.74, 6) is 1.02. The predicted octanol–water partition coefficient (Wildman–Crippen LogP) is 2.22. The molecule has 3 rings (SSSR count). The standard InChI is InChI=1S/C17H19BrN6O3/c1-9(2)24-13-14(23(3)17(26)21-15(13)25)20-16(24)22-19-8-10-7-11(18)5-6-12(10)27-4/h5-9H,1-4H3,(H,20,22)(H,21,25,26)/b19-8+. The molecule has 2 heterocycles. The van der Waals surface area contributed by atoms with E-state index in [2.05, 4.69) is 36.4 Å². The van der Waals surface area contributed by atoms with Gasteiger partial charge in [0.25, 0.3) is 5.56 Å². The Balaban J connectivity index is 2.05. The van der Waals surface area contributed by atoms with E-state index in [0.717, 1.165) is 10.0 Å². The molecule has 0 radical (unpaired) electrons. The Morgan fingerprint density at radius 3 is 2.78 bits per heavy atom. The van der Waals surface area contributed by atoms with Gasteiger partial charge in [0.05, 0.1) is 13.3 Å². The van der Waals surface area contributed by atoms with Crippen molar-refractivity contribution >= 4 is 39.3 Å². The van der Waals surface area contributed by atoms with Crippen LogP contribution in [0.5, 0.6) is 5.75 Å². The fourth-order valence-electron chi connectivity index (χ4n) is 2.75. The fourth-order valence-corrected chi connectivity index (χ4v) is 3.13. The number of imidazole rings is 1. The van der Waals surface area contributed by atoms with Gasteiger partial charge in [0, 0.05) is 23.1 Å². The summed E-state index contributed by atoms with van der Waals surface area (Å²) >= 11 is 3.41. The first-order valence-corrected chi connectivity index (χ1v) is 8.96. The SMILES string of the molecule is COc1ccc(Br)cc1/C=N/Nc1nc2c(c(=O)[nH]c(=O)n2C)n1C(C)C. The third-order valence-electron chi connectivity index (χ3n) is 4.03. The first-order chi connectivity index (χ1) is 12.8. The molecule has 0 unspecified atom stereocenters. The Bertz CT molecular complexity index is 1140. The molecule has 0 saturated heterocycles. The first kappa shape index (κ1) is 18.9. The molecular weight excluding hydrogens is 416 g/mol. The van der Waals surface area contributed by atoms with Gasteiger partial charge in [-0.05, 0) is 32.0 Å². The van der Waals surface area contributed by atoms with Crippen LogP contribution in [0.4, 0.5) is 5.95 Å². The second-order valence-electron chi connectivity index (χ2n) is 6.15. The number of nitrogens with zero attached hydrogens (tertiary/aromatic N) is 4. The number of aromatic nitrogens is 4. The van der Waals surface area contributed by atoms with Crippen LogP contribution < -0.4 is 21.4 Å². The molecule has 0 saturated carbocycles. The van der Waals surface area contributed by atoms with Gasteiger partial charge in [-0.25, -0.2) is 10.2 Å². The maximum Gasteiger partial charge on any atom is 0.329 e. The van der Waals surface area contributed by atoms with E-state index in [9.17, 15) is 9.59 Å². The van der Waals surface area contributed by atoms with Gasteiger partial charge >= 0.3 is 5.69 Å². The van der Waals surface area contributed by atoms with Crippen molar-refractivity contribution in [1.29, 1.82) is 0 Å². The number of ether oxygens (including phenoxy) is 1. The van der Waals surface area contributed by atoms with Crippen LogP contribution in [0.15, 0.2) is 37.4 Å². The van der Waals surface area contributed by atoms with Crippen molar-refractivity contribution in [3.8, 4) is 5.75 Å². The number of aromatic amines is 1. The number of anilines is 1. The molecule has 0 atom stereocenters. The Hall–Kier alpha value is -2.88. The molecule has 142 valence electrons. The number of halogens is 1. The average Bonchev–Trinajstić information content (AvgIpc) is 3.00. The van der Waals surface area contributed by atoms with Gasteiger partial charge in [0.15, 0.2) is 11.2 Å². The Morgan fingerprint density at radius 1 is 1.37 bits per heavy atom. The van der Waals surface area contributed by atoms with Crippen LogP contribution in [-0.4, -0.2) is 32.4 Å². The number of fused-ring (bicyclic) bond motifs is 1. The number of aryl methyl sites for hydroxylation is 1. The molecule has 0 aliphatic carbocycles. The molecular formula is C17H19BrN6O3. The lowest BCUT2D eigenvalue weighted by Gasteiger charge is -2.11. The number of rotatable bonds is 5. The van der Waals surface area contributed by atoms with E-state index in [0.29, 0.717) is 17.2 Å². The second kappa shape index (κ2) is 7.39. The quantitative estimate of drug-likeness (QED) is 0.472. The van der Waals surface area contributed by atoms with E-state index >= 15 is 0 Å². The maximum absolute atomic E-state index is 12.3. The van der Waals surface area contributed by atoms with Crippen LogP contribution in [-0.2, 0) is 7.05 Å². The van der Waals surface area contributed by atoms with Crippen molar-refractivity contribution in [2.45, 2.75) is 19.9 Å². The molecule has 0 aliphatic rings. The molecule has 0 aliphatic heterocycles. The fraction of sp³-hybridized carbons (Fsp3) is 0.294. The highest BCUT2D eigenvalue weighted by atomic mass is 79.9. The summed E-state index contributed by atoms with van der Waals surface area (Å²) in [7, 11) is 3.14. The number of nitrogens with one attached hydrogen (secondary N) is 2. The molecule has 10 heteroatoms. The van der Waals surface area contributed by atoms with Crippen LogP contribution in [0.1, 0.15) is 25.5 Å². The third-order valence-corrected chi connectivity index (χ3v) is 4.52. The van der Waals surface area contributed by atoms with Crippen molar-refractivity contribution in [2.75, 3.05) is 12.5 Å². The topological polar surface area (TPSA) is 106 Å². The monoisotopic (exact) mass is 434 g/mol. The summed E-state index contributed by atoms with van der Waals surface area (Å²) in [5, 5.41) is 4.22. The summed E-state index contributed by atoms with van der Waals surface area (Å²) < 4.78 is 9.19. The largest absolute Gasteiger partial charge is 0.496 e.